The zero-order chi connectivity index (χ0) is 11.5. The molecule has 1 fully saturated rings. The first kappa shape index (κ1) is 11.7. The van der Waals surface area contributed by atoms with Crippen LogP contribution in [-0.4, -0.2) is 19.0 Å². The average molecular weight is 259 g/mol. The number of rotatable bonds is 1. The van der Waals surface area contributed by atoms with E-state index in [0.29, 0.717) is 29.6 Å². The Balaban J connectivity index is 2.21. The molecule has 1 atom stereocenters. The third-order valence-corrected chi connectivity index (χ3v) is 3.30. The minimum atomic E-state index is -0.0373. The smallest absolute Gasteiger partial charge is 0.221 e. The molecule has 0 saturated carbocycles. The van der Waals surface area contributed by atoms with Crippen molar-refractivity contribution in [2.24, 2.45) is 0 Å². The predicted molar refractivity (Wildman–Crippen MR) is 64.8 cm³/mol. The van der Waals surface area contributed by atoms with E-state index in [2.05, 4.69) is 10.6 Å². The molecule has 0 bridgehead atoms. The van der Waals surface area contributed by atoms with Gasteiger partial charge in [-0.25, -0.2) is 0 Å². The van der Waals surface area contributed by atoms with Crippen LogP contribution < -0.4 is 10.6 Å². The van der Waals surface area contributed by atoms with Gasteiger partial charge in [0.1, 0.15) is 0 Å². The molecule has 1 aliphatic heterocycles. The van der Waals surface area contributed by atoms with E-state index in [-0.39, 0.29) is 11.9 Å². The highest BCUT2D eigenvalue weighted by Gasteiger charge is 2.18. The second-order valence-electron chi connectivity index (χ2n) is 3.75. The molecule has 0 radical (unpaired) electrons. The molecule has 2 rings (SSSR count). The maximum Gasteiger partial charge on any atom is 0.221 e. The summed E-state index contributed by atoms with van der Waals surface area (Å²) in [7, 11) is 0. The highest BCUT2D eigenvalue weighted by atomic mass is 35.5. The van der Waals surface area contributed by atoms with Gasteiger partial charge in [0.15, 0.2) is 0 Å². The third kappa shape index (κ3) is 2.67. The van der Waals surface area contributed by atoms with Crippen LogP contribution in [0.2, 0.25) is 10.0 Å². The molecule has 1 aliphatic rings. The number of benzene rings is 1. The summed E-state index contributed by atoms with van der Waals surface area (Å²) in [5, 5.41) is 7.18. The summed E-state index contributed by atoms with van der Waals surface area (Å²) in [6.07, 6.45) is 0.512. The van der Waals surface area contributed by atoms with Crippen LogP contribution in [0.3, 0.4) is 0 Å². The number of amides is 1. The standard InChI is InChI=1S/C11H12Cl2N2O/c12-8-2-1-7(5-9(8)13)10-6-14-4-3-11(16)15-10/h1-2,5,10,14H,3-4,6H2,(H,15,16). The Labute approximate surface area is 104 Å². The van der Waals surface area contributed by atoms with Crippen LogP contribution in [0.1, 0.15) is 18.0 Å². The second-order valence-corrected chi connectivity index (χ2v) is 4.56. The van der Waals surface area contributed by atoms with E-state index < -0.39 is 0 Å². The normalized spacial score (nSPS) is 21.4. The van der Waals surface area contributed by atoms with Crippen LogP contribution in [0.4, 0.5) is 0 Å². The quantitative estimate of drug-likeness (QED) is 0.811. The van der Waals surface area contributed by atoms with Gasteiger partial charge in [0.05, 0.1) is 16.1 Å². The summed E-state index contributed by atoms with van der Waals surface area (Å²) in [4.78, 5) is 11.4. The van der Waals surface area contributed by atoms with Crippen molar-refractivity contribution in [1.29, 1.82) is 0 Å². The largest absolute Gasteiger partial charge is 0.348 e. The van der Waals surface area contributed by atoms with E-state index in [9.17, 15) is 4.79 Å². The highest BCUT2D eigenvalue weighted by Crippen LogP contribution is 2.25. The molecule has 1 aromatic rings. The zero-order valence-corrected chi connectivity index (χ0v) is 10.1. The Morgan fingerprint density at radius 2 is 2.06 bits per heavy atom. The first-order valence-electron chi connectivity index (χ1n) is 5.12. The SMILES string of the molecule is O=C1CCNCC(c2ccc(Cl)c(Cl)c2)N1. The maximum absolute atomic E-state index is 11.4. The Morgan fingerprint density at radius 3 is 2.81 bits per heavy atom. The molecule has 1 unspecified atom stereocenters. The van der Waals surface area contributed by atoms with Gasteiger partial charge in [0.2, 0.25) is 5.91 Å². The maximum atomic E-state index is 11.4. The first-order valence-corrected chi connectivity index (χ1v) is 5.87. The molecule has 1 saturated heterocycles. The fraction of sp³-hybridized carbons (Fsp3) is 0.364. The van der Waals surface area contributed by atoms with Crippen molar-refractivity contribution in [1.82, 2.24) is 10.6 Å². The average Bonchev–Trinajstić information content (AvgIpc) is 2.47. The van der Waals surface area contributed by atoms with Crippen LogP contribution in [-0.2, 0) is 4.79 Å². The molecule has 86 valence electrons. The predicted octanol–water partition coefficient (Wildman–Crippen LogP) is 2.14. The van der Waals surface area contributed by atoms with E-state index >= 15 is 0 Å². The van der Waals surface area contributed by atoms with E-state index in [1.165, 1.54) is 0 Å². The van der Waals surface area contributed by atoms with Gasteiger partial charge in [-0.1, -0.05) is 29.3 Å². The highest BCUT2D eigenvalue weighted by molar-refractivity contribution is 6.42. The lowest BCUT2D eigenvalue weighted by Crippen LogP contribution is -2.30. The lowest BCUT2D eigenvalue weighted by Gasteiger charge is -2.16. The van der Waals surface area contributed by atoms with Gasteiger partial charge in [0, 0.05) is 19.5 Å². The van der Waals surface area contributed by atoms with Crippen molar-refractivity contribution < 1.29 is 4.79 Å². The van der Waals surface area contributed by atoms with Crippen molar-refractivity contribution in [2.45, 2.75) is 12.5 Å². The van der Waals surface area contributed by atoms with Crippen LogP contribution >= 0.6 is 23.2 Å². The number of hydrogen-bond acceptors (Lipinski definition) is 2. The first-order chi connectivity index (χ1) is 7.66. The third-order valence-electron chi connectivity index (χ3n) is 2.56. The van der Waals surface area contributed by atoms with Crippen LogP contribution in [0.15, 0.2) is 18.2 Å². The Bertz CT molecular complexity index is 409. The molecule has 1 heterocycles. The van der Waals surface area contributed by atoms with Crippen molar-refractivity contribution in [3.63, 3.8) is 0 Å². The van der Waals surface area contributed by atoms with Gasteiger partial charge in [0.25, 0.3) is 0 Å². The molecule has 5 heteroatoms. The van der Waals surface area contributed by atoms with E-state index in [1.807, 2.05) is 6.07 Å². The monoisotopic (exact) mass is 258 g/mol. The van der Waals surface area contributed by atoms with Crippen LogP contribution in [0.5, 0.6) is 0 Å². The van der Waals surface area contributed by atoms with E-state index in [0.717, 1.165) is 5.56 Å². The molecular formula is C11H12Cl2N2O. The fourth-order valence-corrected chi connectivity index (χ4v) is 2.00. The van der Waals surface area contributed by atoms with Crippen molar-refractivity contribution in [3.8, 4) is 0 Å². The molecule has 3 nitrogen and oxygen atoms in total. The Kier molecular flexibility index (Phi) is 3.69. The topological polar surface area (TPSA) is 41.1 Å². The summed E-state index contributed by atoms with van der Waals surface area (Å²) in [6, 6.07) is 5.38. The lowest BCUT2D eigenvalue weighted by atomic mass is 10.1. The second kappa shape index (κ2) is 5.04. The molecule has 2 N–H and O–H groups in total. The van der Waals surface area contributed by atoms with Crippen molar-refractivity contribution in [2.75, 3.05) is 13.1 Å². The van der Waals surface area contributed by atoms with Crippen LogP contribution in [0.25, 0.3) is 0 Å². The summed E-state index contributed by atoms with van der Waals surface area (Å²) in [5.74, 6) is 0.0565. The summed E-state index contributed by atoms with van der Waals surface area (Å²) >= 11 is 11.8. The summed E-state index contributed by atoms with van der Waals surface area (Å²) < 4.78 is 0. The molecule has 1 amide bonds. The molecule has 0 aliphatic carbocycles. The molecule has 0 aromatic heterocycles. The number of hydrogen-bond donors (Lipinski definition) is 2. The van der Waals surface area contributed by atoms with Crippen molar-refractivity contribution >= 4 is 29.1 Å². The van der Waals surface area contributed by atoms with Crippen LogP contribution in [0, 0.1) is 0 Å². The van der Waals surface area contributed by atoms with Gasteiger partial charge in [-0.15, -0.1) is 0 Å². The molecule has 1 aromatic carbocycles. The van der Waals surface area contributed by atoms with Gasteiger partial charge in [-0.05, 0) is 17.7 Å². The number of carbonyl (C=O) groups excluding carboxylic acids is 1. The Morgan fingerprint density at radius 1 is 1.25 bits per heavy atom. The zero-order valence-electron chi connectivity index (χ0n) is 8.59. The molecular weight excluding hydrogens is 247 g/mol. The molecule has 0 spiro atoms. The van der Waals surface area contributed by atoms with E-state index in [4.69, 9.17) is 23.2 Å². The van der Waals surface area contributed by atoms with Crippen molar-refractivity contribution in [3.05, 3.63) is 33.8 Å². The van der Waals surface area contributed by atoms with Gasteiger partial charge < -0.3 is 10.6 Å². The minimum Gasteiger partial charge on any atom is -0.348 e. The number of carbonyl (C=O) groups is 1. The van der Waals surface area contributed by atoms with E-state index in [1.54, 1.807) is 12.1 Å². The lowest BCUT2D eigenvalue weighted by molar-refractivity contribution is -0.121. The minimum absolute atomic E-state index is 0.0373. The van der Waals surface area contributed by atoms with Gasteiger partial charge >= 0.3 is 0 Å². The Hall–Kier alpha value is -0.770. The molecule has 16 heavy (non-hydrogen) atoms. The summed E-state index contributed by atoms with van der Waals surface area (Å²) in [5.41, 5.74) is 0.970. The number of nitrogens with one attached hydrogen (secondary N) is 2. The number of halogens is 2. The van der Waals surface area contributed by atoms with Gasteiger partial charge in [-0.3, -0.25) is 4.79 Å². The fourth-order valence-electron chi connectivity index (χ4n) is 1.70. The van der Waals surface area contributed by atoms with Gasteiger partial charge in [-0.2, -0.15) is 0 Å². The summed E-state index contributed by atoms with van der Waals surface area (Å²) in [6.45, 7) is 1.42.